The highest BCUT2D eigenvalue weighted by molar-refractivity contribution is 5.82. The van der Waals surface area contributed by atoms with Crippen molar-refractivity contribution < 1.29 is 9.53 Å². The number of rotatable bonds is 7. The smallest absolute Gasteiger partial charge is 0.240 e. The van der Waals surface area contributed by atoms with Crippen LogP contribution >= 0.6 is 0 Å². The summed E-state index contributed by atoms with van der Waals surface area (Å²) in [6.07, 6.45) is 3.75. The lowest BCUT2D eigenvalue weighted by Gasteiger charge is -2.03. The molecule has 2 aromatic carbocycles. The largest absolute Gasteiger partial charge is 0.497 e. The van der Waals surface area contributed by atoms with E-state index in [0.717, 1.165) is 24.2 Å². The number of carbonyl (C=O) groups excluding carboxylic acids is 1. The highest BCUT2D eigenvalue weighted by Crippen LogP contribution is 2.13. The van der Waals surface area contributed by atoms with E-state index in [-0.39, 0.29) is 5.91 Å². The lowest BCUT2D eigenvalue weighted by molar-refractivity contribution is -0.121. The zero-order valence-corrected chi connectivity index (χ0v) is 12.7. The fraction of sp³-hybridized carbons (Fsp3) is 0.222. The lowest BCUT2D eigenvalue weighted by atomic mass is 10.1. The molecule has 0 atom stereocenters. The van der Waals surface area contributed by atoms with Crippen molar-refractivity contribution in [3.8, 4) is 5.75 Å². The van der Waals surface area contributed by atoms with Crippen LogP contribution in [0.2, 0.25) is 0 Å². The zero-order chi connectivity index (χ0) is 15.6. The number of nitrogens with zero attached hydrogens (tertiary/aromatic N) is 1. The molecule has 0 aromatic heterocycles. The molecule has 0 saturated heterocycles. The van der Waals surface area contributed by atoms with E-state index in [1.165, 1.54) is 5.56 Å². The van der Waals surface area contributed by atoms with Crippen LogP contribution in [0.1, 0.15) is 24.0 Å². The Hall–Kier alpha value is -2.62. The average molecular weight is 296 g/mol. The maximum atomic E-state index is 11.7. The van der Waals surface area contributed by atoms with Crippen LogP contribution in [0.25, 0.3) is 0 Å². The summed E-state index contributed by atoms with van der Waals surface area (Å²) in [6.45, 7) is 0. The number of amides is 1. The molecule has 4 heteroatoms. The number of carbonyl (C=O) groups is 1. The summed E-state index contributed by atoms with van der Waals surface area (Å²) in [4.78, 5) is 11.7. The van der Waals surface area contributed by atoms with E-state index in [1.807, 2.05) is 54.6 Å². The Morgan fingerprint density at radius 3 is 2.55 bits per heavy atom. The molecule has 0 fully saturated rings. The van der Waals surface area contributed by atoms with Gasteiger partial charge in [-0.2, -0.15) is 5.10 Å². The number of nitrogens with one attached hydrogen (secondary N) is 1. The van der Waals surface area contributed by atoms with Crippen molar-refractivity contribution in [2.45, 2.75) is 19.3 Å². The molecule has 22 heavy (non-hydrogen) atoms. The highest BCUT2D eigenvalue weighted by atomic mass is 16.5. The molecule has 0 radical (unpaired) electrons. The van der Waals surface area contributed by atoms with Gasteiger partial charge in [-0.05, 0) is 36.1 Å². The summed E-state index contributed by atoms with van der Waals surface area (Å²) in [5, 5.41) is 3.95. The third kappa shape index (κ3) is 5.40. The van der Waals surface area contributed by atoms with Crippen molar-refractivity contribution in [1.82, 2.24) is 5.43 Å². The highest BCUT2D eigenvalue weighted by Gasteiger charge is 2.00. The first kappa shape index (κ1) is 15.8. The second kappa shape index (κ2) is 8.62. The number of aryl methyl sites for hydroxylation is 1. The molecule has 4 nitrogen and oxygen atoms in total. The first-order chi connectivity index (χ1) is 10.8. The van der Waals surface area contributed by atoms with Crippen molar-refractivity contribution in [2.75, 3.05) is 7.11 Å². The maximum absolute atomic E-state index is 11.7. The van der Waals surface area contributed by atoms with Crippen LogP contribution in [-0.4, -0.2) is 19.2 Å². The van der Waals surface area contributed by atoms with Gasteiger partial charge >= 0.3 is 0 Å². The summed E-state index contributed by atoms with van der Waals surface area (Å²) >= 11 is 0. The number of methoxy groups -OCH3 is 1. The topological polar surface area (TPSA) is 50.7 Å². The summed E-state index contributed by atoms with van der Waals surface area (Å²) in [5.74, 6) is 0.775. The lowest BCUT2D eigenvalue weighted by Crippen LogP contribution is -2.17. The van der Waals surface area contributed by atoms with Crippen LogP contribution < -0.4 is 10.2 Å². The first-order valence-electron chi connectivity index (χ1n) is 7.28. The number of ether oxygens (including phenoxy) is 1. The molecule has 0 aliphatic carbocycles. The van der Waals surface area contributed by atoms with Crippen LogP contribution in [0.5, 0.6) is 5.75 Å². The van der Waals surface area contributed by atoms with Gasteiger partial charge in [0.2, 0.25) is 5.91 Å². The van der Waals surface area contributed by atoms with Crippen LogP contribution in [0.4, 0.5) is 0 Å². The van der Waals surface area contributed by atoms with Gasteiger partial charge in [0.15, 0.2) is 0 Å². The second-order valence-corrected chi connectivity index (χ2v) is 4.91. The van der Waals surface area contributed by atoms with Gasteiger partial charge in [0.25, 0.3) is 0 Å². The number of hydrogen-bond donors (Lipinski definition) is 1. The monoisotopic (exact) mass is 296 g/mol. The van der Waals surface area contributed by atoms with E-state index in [9.17, 15) is 4.79 Å². The summed E-state index contributed by atoms with van der Waals surface area (Å²) in [6, 6.07) is 17.6. The van der Waals surface area contributed by atoms with Crippen molar-refractivity contribution in [1.29, 1.82) is 0 Å². The number of hydrogen-bond acceptors (Lipinski definition) is 3. The molecule has 0 saturated carbocycles. The minimum absolute atomic E-state index is 0.0688. The van der Waals surface area contributed by atoms with Crippen LogP contribution in [0, 0.1) is 0 Å². The van der Waals surface area contributed by atoms with Crippen molar-refractivity contribution in [3.05, 3.63) is 65.7 Å². The van der Waals surface area contributed by atoms with Crippen LogP contribution in [-0.2, 0) is 11.2 Å². The Bertz CT molecular complexity index is 607. The molecule has 0 unspecified atom stereocenters. The van der Waals surface area contributed by atoms with E-state index < -0.39 is 0 Å². The maximum Gasteiger partial charge on any atom is 0.240 e. The van der Waals surface area contributed by atoms with Crippen LogP contribution in [0.15, 0.2) is 59.7 Å². The number of hydrazone groups is 1. The molecule has 1 N–H and O–H groups in total. The molecule has 0 heterocycles. The molecule has 1 amide bonds. The van der Waals surface area contributed by atoms with Gasteiger partial charge in [0, 0.05) is 6.42 Å². The minimum atomic E-state index is -0.0688. The minimum Gasteiger partial charge on any atom is -0.497 e. The van der Waals surface area contributed by atoms with Gasteiger partial charge in [0.1, 0.15) is 5.75 Å². The third-order valence-electron chi connectivity index (χ3n) is 3.23. The molecule has 0 aliphatic rings. The van der Waals surface area contributed by atoms with E-state index in [1.54, 1.807) is 13.3 Å². The molecule has 2 rings (SSSR count). The normalized spacial score (nSPS) is 10.6. The fourth-order valence-corrected chi connectivity index (χ4v) is 2.02. The van der Waals surface area contributed by atoms with Gasteiger partial charge in [0.05, 0.1) is 13.3 Å². The van der Waals surface area contributed by atoms with Gasteiger partial charge < -0.3 is 4.74 Å². The van der Waals surface area contributed by atoms with E-state index in [2.05, 4.69) is 10.5 Å². The molecule has 0 spiro atoms. The fourth-order valence-electron chi connectivity index (χ4n) is 2.02. The third-order valence-corrected chi connectivity index (χ3v) is 3.23. The molecular formula is C18H20N2O2. The SMILES string of the molecule is COc1ccc(CCCC(=O)N/N=C\c2ccccc2)cc1. The second-order valence-electron chi connectivity index (χ2n) is 4.91. The summed E-state index contributed by atoms with van der Waals surface area (Å²) in [7, 11) is 1.65. The van der Waals surface area contributed by atoms with E-state index >= 15 is 0 Å². The Labute approximate surface area is 130 Å². The first-order valence-corrected chi connectivity index (χ1v) is 7.28. The molecule has 114 valence electrons. The van der Waals surface area contributed by atoms with Gasteiger partial charge in [-0.25, -0.2) is 5.43 Å². The summed E-state index contributed by atoms with van der Waals surface area (Å²) in [5.41, 5.74) is 4.70. The van der Waals surface area contributed by atoms with Crippen LogP contribution in [0.3, 0.4) is 0 Å². The Kier molecular flexibility index (Phi) is 6.18. The van der Waals surface area contributed by atoms with Gasteiger partial charge in [-0.1, -0.05) is 42.5 Å². The molecule has 0 bridgehead atoms. The molecular weight excluding hydrogens is 276 g/mol. The van der Waals surface area contributed by atoms with Crippen molar-refractivity contribution in [3.63, 3.8) is 0 Å². The molecule has 2 aromatic rings. The summed E-state index contributed by atoms with van der Waals surface area (Å²) < 4.78 is 5.11. The Balaban J connectivity index is 1.68. The average Bonchev–Trinajstić information content (AvgIpc) is 2.56. The van der Waals surface area contributed by atoms with E-state index in [0.29, 0.717) is 6.42 Å². The Morgan fingerprint density at radius 2 is 1.86 bits per heavy atom. The van der Waals surface area contributed by atoms with Gasteiger partial charge in [-0.3, -0.25) is 4.79 Å². The van der Waals surface area contributed by atoms with Crippen molar-refractivity contribution >= 4 is 12.1 Å². The Morgan fingerprint density at radius 1 is 1.14 bits per heavy atom. The van der Waals surface area contributed by atoms with Gasteiger partial charge in [-0.15, -0.1) is 0 Å². The quantitative estimate of drug-likeness (QED) is 0.630. The predicted molar refractivity (Wildman–Crippen MR) is 88.1 cm³/mol. The van der Waals surface area contributed by atoms with E-state index in [4.69, 9.17) is 4.74 Å². The standard InChI is InChI=1S/C18H20N2O2/c1-22-17-12-10-15(11-13-17)8-5-9-18(21)20-19-14-16-6-3-2-4-7-16/h2-4,6-7,10-14H,5,8-9H2,1H3,(H,20,21)/b19-14-. The van der Waals surface area contributed by atoms with Crippen molar-refractivity contribution in [2.24, 2.45) is 5.10 Å². The predicted octanol–water partition coefficient (Wildman–Crippen LogP) is 3.17. The zero-order valence-electron chi connectivity index (χ0n) is 12.7. The molecule has 0 aliphatic heterocycles. The number of benzene rings is 2.